The van der Waals surface area contributed by atoms with Crippen molar-refractivity contribution in [2.75, 3.05) is 32.7 Å². The average Bonchev–Trinajstić information content (AvgIpc) is 2.60. The first-order valence-electron chi connectivity index (χ1n) is 8.33. The summed E-state index contributed by atoms with van der Waals surface area (Å²) in [4.78, 5) is 26.9. The molecule has 0 bridgehead atoms. The maximum atomic E-state index is 12.3. The van der Waals surface area contributed by atoms with Crippen molar-refractivity contribution in [3.8, 4) is 0 Å². The highest BCUT2D eigenvalue weighted by Gasteiger charge is 2.23. The zero-order valence-electron chi connectivity index (χ0n) is 14.9. The summed E-state index contributed by atoms with van der Waals surface area (Å²) in [6, 6.07) is 6.66. The highest BCUT2D eigenvalue weighted by molar-refractivity contribution is 7.89. The average molecular weight is 367 g/mol. The van der Waals surface area contributed by atoms with Gasteiger partial charge < -0.3 is 9.80 Å². The van der Waals surface area contributed by atoms with Crippen LogP contribution in [0.25, 0.3) is 0 Å². The van der Waals surface area contributed by atoms with E-state index in [2.05, 4.69) is 4.72 Å². The molecule has 7 nitrogen and oxygen atoms in total. The van der Waals surface area contributed by atoms with Crippen LogP contribution in [-0.2, 0) is 19.6 Å². The molecule has 0 atom stereocenters. The lowest BCUT2D eigenvalue weighted by Crippen LogP contribution is -2.52. The largest absolute Gasteiger partial charge is 0.339 e. The van der Waals surface area contributed by atoms with Gasteiger partial charge in [-0.3, -0.25) is 9.59 Å². The van der Waals surface area contributed by atoms with Crippen LogP contribution in [0.3, 0.4) is 0 Å². The Morgan fingerprint density at radius 1 is 1.04 bits per heavy atom. The third kappa shape index (κ3) is 5.02. The van der Waals surface area contributed by atoms with Crippen molar-refractivity contribution >= 4 is 21.8 Å². The van der Waals surface area contributed by atoms with Crippen LogP contribution in [0.4, 0.5) is 0 Å². The van der Waals surface area contributed by atoms with Gasteiger partial charge in [0, 0.05) is 33.1 Å². The van der Waals surface area contributed by atoms with E-state index in [1.54, 1.807) is 34.1 Å². The van der Waals surface area contributed by atoms with Gasteiger partial charge in [-0.25, -0.2) is 13.1 Å². The van der Waals surface area contributed by atoms with Crippen LogP contribution < -0.4 is 4.72 Å². The maximum Gasteiger partial charge on any atom is 0.241 e. The molecule has 1 saturated heterocycles. The van der Waals surface area contributed by atoms with Gasteiger partial charge in [0.2, 0.25) is 21.8 Å². The van der Waals surface area contributed by atoms with E-state index in [0.29, 0.717) is 32.1 Å². The van der Waals surface area contributed by atoms with Crippen LogP contribution in [0, 0.1) is 0 Å². The molecule has 2 amide bonds. The predicted octanol–water partition coefficient (Wildman–Crippen LogP) is 0.779. The third-order valence-electron chi connectivity index (χ3n) is 4.35. The molecular formula is C17H25N3O4S. The Morgan fingerprint density at radius 2 is 1.56 bits per heavy atom. The molecule has 1 aliphatic heterocycles. The summed E-state index contributed by atoms with van der Waals surface area (Å²) >= 11 is 0. The second-order valence-corrected chi connectivity index (χ2v) is 8.20. The van der Waals surface area contributed by atoms with E-state index < -0.39 is 10.0 Å². The van der Waals surface area contributed by atoms with Gasteiger partial charge in [-0.1, -0.05) is 26.0 Å². The van der Waals surface area contributed by atoms with Crippen molar-refractivity contribution in [1.82, 2.24) is 14.5 Å². The van der Waals surface area contributed by atoms with Crippen molar-refractivity contribution in [3.05, 3.63) is 29.8 Å². The quantitative estimate of drug-likeness (QED) is 0.833. The molecule has 0 unspecified atom stereocenters. The molecule has 0 aromatic heterocycles. The molecule has 1 fully saturated rings. The Bertz CT molecular complexity index is 721. The van der Waals surface area contributed by atoms with Gasteiger partial charge in [0.05, 0.1) is 11.4 Å². The zero-order valence-corrected chi connectivity index (χ0v) is 15.7. The molecule has 0 saturated carbocycles. The van der Waals surface area contributed by atoms with Crippen molar-refractivity contribution < 1.29 is 18.0 Å². The standard InChI is InChI=1S/C17H25N3O4S/c1-13(2)15-4-6-16(7-5-15)25(23,24)18-12-17(22)20-10-8-19(9-11-20)14(3)21/h4-7,13,18H,8-12H2,1-3H3. The van der Waals surface area contributed by atoms with Crippen molar-refractivity contribution in [1.29, 1.82) is 0 Å². The number of carbonyl (C=O) groups is 2. The lowest BCUT2D eigenvalue weighted by Gasteiger charge is -2.34. The number of hydrogen-bond acceptors (Lipinski definition) is 4. The van der Waals surface area contributed by atoms with E-state index in [0.717, 1.165) is 5.56 Å². The van der Waals surface area contributed by atoms with E-state index in [9.17, 15) is 18.0 Å². The first-order valence-corrected chi connectivity index (χ1v) is 9.82. The number of sulfonamides is 1. The Labute approximate surface area is 149 Å². The molecule has 1 heterocycles. The number of carbonyl (C=O) groups excluding carboxylic acids is 2. The summed E-state index contributed by atoms with van der Waals surface area (Å²) in [7, 11) is -3.72. The number of benzene rings is 1. The van der Waals surface area contributed by atoms with Gasteiger partial charge in [-0.2, -0.15) is 0 Å². The van der Waals surface area contributed by atoms with Crippen LogP contribution >= 0.6 is 0 Å². The summed E-state index contributed by atoms with van der Waals surface area (Å²) in [5, 5.41) is 0. The van der Waals surface area contributed by atoms with E-state index in [1.807, 2.05) is 13.8 Å². The van der Waals surface area contributed by atoms with Crippen molar-refractivity contribution in [2.45, 2.75) is 31.6 Å². The number of nitrogens with one attached hydrogen (secondary N) is 1. The molecule has 0 spiro atoms. The summed E-state index contributed by atoms with van der Waals surface area (Å²) in [5.74, 6) is 0.0168. The first-order chi connectivity index (χ1) is 11.7. The Kier molecular flexibility index (Phi) is 6.18. The van der Waals surface area contributed by atoms with Crippen LogP contribution in [-0.4, -0.2) is 62.8 Å². The molecule has 1 aliphatic rings. The van der Waals surface area contributed by atoms with Gasteiger partial charge in [0.25, 0.3) is 0 Å². The predicted molar refractivity (Wildman–Crippen MR) is 94.6 cm³/mol. The second-order valence-electron chi connectivity index (χ2n) is 6.44. The lowest BCUT2D eigenvalue weighted by molar-refractivity contribution is -0.137. The van der Waals surface area contributed by atoms with Crippen LogP contribution in [0.5, 0.6) is 0 Å². The molecular weight excluding hydrogens is 342 g/mol. The highest BCUT2D eigenvalue weighted by Crippen LogP contribution is 2.17. The molecule has 1 aromatic carbocycles. The molecule has 1 N–H and O–H groups in total. The molecule has 25 heavy (non-hydrogen) atoms. The lowest BCUT2D eigenvalue weighted by atomic mass is 10.0. The molecule has 0 aliphatic carbocycles. The summed E-state index contributed by atoms with van der Waals surface area (Å²) in [6.45, 7) is 7.07. The Hall–Kier alpha value is -1.93. The summed E-state index contributed by atoms with van der Waals surface area (Å²) in [5.41, 5.74) is 1.05. The summed E-state index contributed by atoms with van der Waals surface area (Å²) in [6.07, 6.45) is 0. The molecule has 1 aromatic rings. The minimum absolute atomic E-state index is 0.0161. The normalized spacial score (nSPS) is 15.5. The fourth-order valence-corrected chi connectivity index (χ4v) is 3.63. The van der Waals surface area contributed by atoms with Crippen LogP contribution in [0.2, 0.25) is 0 Å². The molecule has 2 rings (SSSR count). The van der Waals surface area contributed by atoms with Gasteiger partial charge in [-0.05, 0) is 23.6 Å². The van der Waals surface area contributed by atoms with E-state index in [-0.39, 0.29) is 23.3 Å². The third-order valence-corrected chi connectivity index (χ3v) is 5.77. The number of nitrogens with zero attached hydrogens (tertiary/aromatic N) is 2. The molecule has 8 heteroatoms. The van der Waals surface area contributed by atoms with Crippen molar-refractivity contribution in [3.63, 3.8) is 0 Å². The van der Waals surface area contributed by atoms with Crippen molar-refractivity contribution in [2.24, 2.45) is 0 Å². The highest BCUT2D eigenvalue weighted by atomic mass is 32.2. The monoisotopic (exact) mass is 367 g/mol. The van der Waals surface area contributed by atoms with Crippen LogP contribution in [0.1, 0.15) is 32.3 Å². The Morgan fingerprint density at radius 3 is 2.04 bits per heavy atom. The first kappa shape index (κ1) is 19.4. The smallest absolute Gasteiger partial charge is 0.241 e. The van der Waals surface area contributed by atoms with E-state index in [1.165, 1.54) is 6.92 Å². The number of hydrogen-bond donors (Lipinski definition) is 1. The number of amides is 2. The van der Waals surface area contributed by atoms with Gasteiger partial charge in [0.15, 0.2) is 0 Å². The summed E-state index contributed by atoms with van der Waals surface area (Å²) < 4.78 is 27.0. The second kappa shape index (κ2) is 7.97. The minimum Gasteiger partial charge on any atom is -0.339 e. The number of rotatable bonds is 5. The Balaban J connectivity index is 1.91. The van der Waals surface area contributed by atoms with E-state index >= 15 is 0 Å². The fraction of sp³-hybridized carbons (Fsp3) is 0.529. The van der Waals surface area contributed by atoms with Crippen LogP contribution in [0.15, 0.2) is 29.2 Å². The molecule has 138 valence electrons. The minimum atomic E-state index is -3.72. The molecule has 0 radical (unpaired) electrons. The maximum absolute atomic E-state index is 12.3. The van der Waals surface area contributed by atoms with E-state index in [4.69, 9.17) is 0 Å². The van der Waals surface area contributed by atoms with Gasteiger partial charge in [-0.15, -0.1) is 0 Å². The topological polar surface area (TPSA) is 86.8 Å². The van der Waals surface area contributed by atoms with Gasteiger partial charge in [0.1, 0.15) is 0 Å². The SMILES string of the molecule is CC(=O)N1CCN(C(=O)CNS(=O)(=O)c2ccc(C(C)C)cc2)CC1. The zero-order chi connectivity index (χ0) is 18.6. The van der Waals surface area contributed by atoms with Gasteiger partial charge >= 0.3 is 0 Å². The fourth-order valence-electron chi connectivity index (χ4n) is 2.65. The number of piperazine rings is 1.